The molecule has 0 aliphatic carbocycles. The normalized spacial score (nSPS) is 16.0. The highest BCUT2D eigenvalue weighted by molar-refractivity contribution is 5.23. The summed E-state index contributed by atoms with van der Waals surface area (Å²) in [7, 11) is 0. The van der Waals surface area contributed by atoms with Gasteiger partial charge in [0, 0.05) is 31.9 Å². The summed E-state index contributed by atoms with van der Waals surface area (Å²) in [5.41, 5.74) is 5.60. The highest BCUT2D eigenvalue weighted by Gasteiger charge is 2.17. The number of hydrogen-bond acceptors (Lipinski definition) is 4. The molecule has 0 fully saturated rings. The molecule has 2 aromatic heterocycles. The van der Waals surface area contributed by atoms with Crippen LogP contribution in [0.5, 0.6) is 0 Å². The number of rotatable bonds is 4. The number of aryl methyl sites for hydroxylation is 3. The van der Waals surface area contributed by atoms with Crippen LogP contribution in [0.3, 0.4) is 0 Å². The minimum absolute atomic E-state index is 0.0212. The Bertz CT molecular complexity index is 596. The summed E-state index contributed by atoms with van der Waals surface area (Å²) in [6.07, 6.45) is 2.12. The maximum Gasteiger partial charge on any atom is 0.0882 e. The molecule has 6 heteroatoms. The van der Waals surface area contributed by atoms with E-state index in [0.29, 0.717) is 0 Å². The van der Waals surface area contributed by atoms with Gasteiger partial charge in [-0.15, -0.1) is 0 Å². The van der Waals surface area contributed by atoms with Gasteiger partial charge in [0.15, 0.2) is 0 Å². The van der Waals surface area contributed by atoms with Crippen LogP contribution in [0, 0.1) is 13.8 Å². The van der Waals surface area contributed by atoms with Gasteiger partial charge >= 0.3 is 0 Å². The van der Waals surface area contributed by atoms with Gasteiger partial charge in [-0.1, -0.05) is 0 Å². The van der Waals surface area contributed by atoms with Gasteiger partial charge in [-0.05, 0) is 38.3 Å². The SMILES string of the molecule is Cc1n[nH]c(C)c1CCN1CCCn2nc(CO)cc2C1. The van der Waals surface area contributed by atoms with Gasteiger partial charge in [-0.3, -0.25) is 14.7 Å². The van der Waals surface area contributed by atoms with Crippen LogP contribution >= 0.6 is 0 Å². The molecule has 21 heavy (non-hydrogen) atoms. The summed E-state index contributed by atoms with van der Waals surface area (Å²) in [6, 6.07) is 2.02. The Balaban J connectivity index is 1.66. The number of aromatic nitrogens is 4. The van der Waals surface area contributed by atoms with Gasteiger partial charge in [0.1, 0.15) is 0 Å². The van der Waals surface area contributed by atoms with Crippen LogP contribution in [0.2, 0.25) is 0 Å². The Labute approximate surface area is 124 Å². The predicted octanol–water partition coefficient (Wildman–Crippen LogP) is 1.16. The number of nitrogens with one attached hydrogen (secondary N) is 1. The van der Waals surface area contributed by atoms with E-state index in [4.69, 9.17) is 0 Å². The second kappa shape index (κ2) is 5.99. The zero-order chi connectivity index (χ0) is 14.8. The highest BCUT2D eigenvalue weighted by Crippen LogP contribution is 2.16. The summed E-state index contributed by atoms with van der Waals surface area (Å²) < 4.78 is 2.04. The maximum absolute atomic E-state index is 9.21. The Morgan fingerprint density at radius 1 is 1.33 bits per heavy atom. The maximum atomic E-state index is 9.21. The summed E-state index contributed by atoms with van der Waals surface area (Å²) in [4.78, 5) is 2.47. The lowest BCUT2D eigenvalue weighted by Gasteiger charge is -2.19. The summed E-state index contributed by atoms with van der Waals surface area (Å²) >= 11 is 0. The molecule has 0 atom stereocenters. The Kier molecular flexibility index (Phi) is 4.07. The first kappa shape index (κ1) is 14.3. The van der Waals surface area contributed by atoms with Crippen molar-refractivity contribution in [3.05, 3.63) is 34.4 Å². The molecule has 0 unspecified atom stereocenters. The molecule has 0 radical (unpaired) electrons. The van der Waals surface area contributed by atoms with Crippen molar-refractivity contribution in [2.24, 2.45) is 0 Å². The highest BCUT2D eigenvalue weighted by atomic mass is 16.3. The molecule has 6 nitrogen and oxygen atoms in total. The third-order valence-corrected chi connectivity index (χ3v) is 4.26. The molecule has 1 aliphatic rings. The van der Waals surface area contributed by atoms with Crippen molar-refractivity contribution >= 4 is 0 Å². The lowest BCUT2D eigenvalue weighted by molar-refractivity contribution is 0.269. The average molecular weight is 289 g/mol. The number of nitrogens with zero attached hydrogens (tertiary/aromatic N) is 4. The van der Waals surface area contributed by atoms with Crippen LogP contribution in [-0.2, 0) is 26.1 Å². The average Bonchev–Trinajstić information content (AvgIpc) is 2.95. The fourth-order valence-electron chi connectivity index (χ4n) is 3.07. The largest absolute Gasteiger partial charge is 0.390 e. The first-order valence-corrected chi connectivity index (χ1v) is 7.56. The molecule has 1 aliphatic heterocycles. The molecule has 0 amide bonds. The van der Waals surface area contributed by atoms with E-state index in [2.05, 4.69) is 34.0 Å². The predicted molar refractivity (Wildman–Crippen MR) is 79.8 cm³/mol. The number of aliphatic hydroxyl groups excluding tert-OH is 1. The van der Waals surface area contributed by atoms with E-state index in [0.717, 1.165) is 50.4 Å². The number of aliphatic hydroxyl groups is 1. The van der Waals surface area contributed by atoms with E-state index in [9.17, 15) is 5.11 Å². The van der Waals surface area contributed by atoms with Crippen molar-refractivity contribution in [2.75, 3.05) is 13.1 Å². The second-order valence-electron chi connectivity index (χ2n) is 5.80. The number of H-pyrrole nitrogens is 1. The van der Waals surface area contributed by atoms with Crippen LogP contribution < -0.4 is 0 Å². The first-order valence-electron chi connectivity index (χ1n) is 7.56. The molecule has 0 saturated carbocycles. The van der Waals surface area contributed by atoms with Crippen molar-refractivity contribution < 1.29 is 5.11 Å². The number of fused-ring (bicyclic) bond motifs is 1. The van der Waals surface area contributed by atoms with Crippen molar-refractivity contribution in [1.82, 2.24) is 24.9 Å². The molecule has 0 aromatic carbocycles. The molecule has 0 spiro atoms. The number of aromatic amines is 1. The third-order valence-electron chi connectivity index (χ3n) is 4.26. The molecule has 0 bridgehead atoms. The smallest absolute Gasteiger partial charge is 0.0882 e. The van der Waals surface area contributed by atoms with Crippen molar-refractivity contribution in [3.63, 3.8) is 0 Å². The van der Waals surface area contributed by atoms with Crippen LogP contribution in [0.1, 0.15) is 34.8 Å². The Morgan fingerprint density at radius 2 is 2.19 bits per heavy atom. The lowest BCUT2D eigenvalue weighted by atomic mass is 10.1. The molecule has 3 rings (SSSR count). The minimum Gasteiger partial charge on any atom is -0.390 e. The Morgan fingerprint density at radius 3 is 2.90 bits per heavy atom. The van der Waals surface area contributed by atoms with E-state index in [1.165, 1.54) is 17.0 Å². The van der Waals surface area contributed by atoms with Crippen molar-refractivity contribution in [1.29, 1.82) is 0 Å². The summed E-state index contributed by atoms with van der Waals surface area (Å²) in [5, 5.41) is 21.0. The fourth-order valence-corrected chi connectivity index (χ4v) is 3.07. The lowest BCUT2D eigenvalue weighted by Crippen LogP contribution is -2.26. The molecule has 2 N–H and O–H groups in total. The quantitative estimate of drug-likeness (QED) is 0.886. The van der Waals surface area contributed by atoms with Gasteiger partial charge in [-0.25, -0.2) is 0 Å². The molecule has 3 heterocycles. The fraction of sp³-hybridized carbons (Fsp3) is 0.600. The van der Waals surface area contributed by atoms with E-state index in [-0.39, 0.29) is 6.61 Å². The van der Waals surface area contributed by atoms with E-state index < -0.39 is 0 Å². The summed E-state index contributed by atoms with van der Waals surface area (Å²) in [5.74, 6) is 0. The molecule has 114 valence electrons. The van der Waals surface area contributed by atoms with Gasteiger partial charge in [0.2, 0.25) is 0 Å². The standard InChI is InChI=1S/C15H23N5O/c1-11-15(12(2)17-16-11)4-7-19-5-3-6-20-14(9-19)8-13(10-21)18-20/h8,21H,3-7,9-10H2,1-2H3,(H,16,17). The van der Waals surface area contributed by atoms with Crippen LogP contribution in [0.25, 0.3) is 0 Å². The Hall–Kier alpha value is -1.66. The number of hydrogen-bond donors (Lipinski definition) is 2. The molecular weight excluding hydrogens is 266 g/mol. The molecular formula is C15H23N5O. The molecule has 2 aromatic rings. The van der Waals surface area contributed by atoms with E-state index in [1.807, 2.05) is 10.7 Å². The monoisotopic (exact) mass is 289 g/mol. The first-order chi connectivity index (χ1) is 10.2. The van der Waals surface area contributed by atoms with Gasteiger partial charge < -0.3 is 5.11 Å². The van der Waals surface area contributed by atoms with Crippen LogP contribution in [-0.4, -0.2) is 43.1 Å². The zero-order valence-corrected chi connectivity index (χ0v) is 12.8. The van der Waals surface area contributed by atoms with Gasteiger partial charge in [0.25, 0.3) is 0 Å². The molecule has 0 saturated heterocycles. The van der Waals surface area contributed by atoms with Gasteiger partial charge in [-0.2, -0.15) is 10.2 Å². The van der Waals surface area contributed by atoms with Crippen molar-refractivity contribution in [3.8, 4) is 0 Å². The third kappa shape index (κ3) is 3.01. The minimum atomic E-state index is 0.0212. The van der Waals surface area contributed by atoms with Crippen LogP contribution in [0.15, 0.2) is 6.07 Å². The summed E-state index contributed by atoms with van der Waals surface area (Å²) in [6.45, 7) is 8.13. The van der Waals surface area contributed by atoms with Crippen molar-refractivity contribution in [2.45, 2.75) is 46.4 Å². The van der Waals surface area contributed by atoms with E-state index in [1.54, 1.807) is 0 Å². The second-order valence-corrected chi connectivity index (χ2v) is 5.80. The van der Waals surface area contributed by atoms with Gasteiger partial charge in [0.05, 0.1) is 23.7 Å². The van der Waals surface area contributed by atoms with E-state index >= 15 is 0 Å². The topological polar surface area (TPSA) is 70.0 Å². The zero-order valence-electron chi connectivity index (χ0n) is 12.8. The van der Waals surface area contributed by atoms with Crippen LogP contribution in [0.4, 0.5) is 0 Å².